The number of rotatable bonds is 9. The van der Waals surface area contributed by atoms with Crippen LogP contribution in [-0.2, 0) is 32.9 Å². The van der Waals surface area contributed by atoms with Gasteiger partial charge >= 0.3 is 0 Å². The molecular formula is C24H42O6V. The zero-order valence-electron chi connectivity index (χ0n) is 20.6. The number of aliphatic hydroxyl groups is 3. The fourth-order valence-electron chi connectivity index (χ4n) is 2.08. The van der Waals surface area contributed by atoms with Crippen molar-refractivity contribution in [1.29, 1.82) is 0 Å². The Morgan fingerprint density at radius 2 is 0.710 bits per heavy atom. The third-order valence-corrected chi connectivity index (χ3v) is 2.94. The van der Waals surface area contributed by atoms with Crippen molar-refractivity contribution in [2.45, 2.75) is 81.6 Å². The first-order valence-electron chi connectivity index (χ1n) is 10.3. The molecule has 0 aliphatic carbocycles. The molecule has 0 spiro atoms. The zero-order valence-corrected chi connectivity index (χ0v) is 22.0. The fourth-order valence-corrected chi connectivity index (χ4v) is 2.08. The molecule has 0 saturated heterocycles. The van der Waals surface area contributed by atoms with Crippen LogP contribution in [0.15, 0.2) is 35.5 Å². The Bertz CT molecular complexity index is 516. The molecule has 0 rings (SSSR count). The second-order valence-corrected chi connectivity index (χ2v) is 8.55. The van der Waals surface area contributed by atoms with Gasteiger partial charge in [0.05, 0.1) is 17.3 Å². The summed E-state index contributed by atoms with van der Waals surface area (Å²) >= 11 is 0. The van der Waals surface area contributed by atoms with Crippen LogP contribution >= 0.6 is 0 Å². The third-order valence-electron chi connectivity index (χ3n) is 2.94. The molecule has 0 aromatic heterocycles. The molecule has 1 radical (unpaired) electrons. The predicted molar refractivity (Wildman–Crippen MR) is 123 cm³/mol. The fraction of sp³-hybridized carbons (Fsp3) is 0.625. The number of allylic oxidation sites excluding steroid dienone is 6. The Balaban J connectivity index is -0.000000174. The Hall–Kier alpha value is -1.79. The molecule has 0 aromatic rings. The first kappa shape index (κ1) is 36.6. The van der Waals surface area contributed by atoms with Crippen molar-refractivity contribution in [2.24, 2.45) is 17.8 Å². The molecule has 0 fully saturated rings. The molecule has 0 aliphatic heterocycles. The topological polar surface area (TPSA) is 112 Å². The van der Waals surface area contributed by atoms with Crippen LogP contribution in [0.4, 0.5) is 0 Å². The molecule has 31 heavy (non-hydrogen) atoms. The Kier molecular flexibility index (Phi) is 25.3. The van der Waals surface area contributed by atoms with E-state index in [2.05, 4.69) is 0 Å². The van der Waals surface area contributed by atoms with E-state index >= 15 is 0 Å². The molecule has 0 aliphatic rings. The summed E-state index contributed by atoms with van der Waals surface area (Å²) in [5.41, 5.74) is 0. The molecule has 0 aromatic carbocycles. The van der Waals surface area contributed by atoms with Crippen molar-refractivity contribution in [1.82, 2.24) is 0 Å². The van der Waals surface area contributed by atoms with Gasteiger partial charge in [0.2, 0.25) is 0 Å². The molecule has 0 unspecified atom stereocenters. The average Bonchev–Trinajstić information content (AvgIpc) is 2.42. The van der Waals surface area contributed by atoms with E-state index in [1.165, 1.54) is 39.0 Å². The maximum atomic E-state index is 10.8. The van der Waals surface area contributed by atoms with Gasteiger partial charge in [-0.2, -0.15) is 0 Å². The van der Waals surface area contributed by atoms with Gasteiger partial charge in [-0.25, -0.2) is 0 Å². The number of hydrogen-bond donors (Lipinski definition) is 3. The third kappa shape index (κ3) is 39.3. The number of hydrogen-bond acceptors (Lipinski definition) is 6. The minimum Gasteiger partial charge on any atom is -0.512 e. The van der Waals surface area contributed by atoms with Crippen molar-refractivity contribution in [3.63, 3.8) is 0 Å². The van der Waals surface area contributed by atoms with Gasteiger partial charge in [0.25, 0.3) is 0 Å². The molecule has 3 N–H and O–H groups in total. The minimum atomic E-state index is -0.00463. The van der Waals surface area contributed by atoms with E-state index in [4.69, 9.17) is 15.3 Å². The van der Waals surface area contributed by atoms with Crippen molar-refractivity contribution in [3.05, 3.63) is 35.5 Å². The number of carbonyl (C=O) groups is 3. The van der Waals surface area contributed by atoms with Crippen molar-refractivity contribution >= 4 is 17.3 Å². The van der Waals surface area contributed by atoms with E-state index < -0.39 is 0 Å². The summed E-state index contributed by atoms with van der Waals surface area (Å²) in [6.45, 7) is 16.3. The largest absolute Gasteiger partial charge is 0.512 e. The van der Waals surface area contributed by atoms with Crippen LogP contribution in [0.25, 0.3) is 0 Å². The van der Waals surface area contributed by atoms with Gasteiger partial charge in [0, 0.05) is 56.0 Å². The van der Waals surface area contributed by atoms with Gasteiger partial charge in [-0.15, -0.1) is 0 Å². The van der Waals surface area contributed by atoms with Gasteiger partial charge in [0.1, 0.15) is 0 Å². The maximum Gasteiger partial charge on any atom is 0.159 e. The molecule has 0 heterocycles. The van der Waals surface area contributed by atoms with Crippen LogP contribution in [0, 0.1) is 17.8 Å². The molecule has 0 amide bonds. The predicted octanol–water partition coefficient (Wildman–Crippen LogP) is 6.19. The molecule has 0 bridgehead atoms. The first-order chi connectivity index (χ1) is 13.6. The maximum absolute atomic E-state index is 10.8. The van der Waals surface area contributed by atoms with E-state index in [0.717, 1.165) is 0 Å². The summed E-state index contributed by atoms with van der Waals surface area (Å²) in [6, 6.07) is 0. The van der Waals surface area contributed by atoms with Gasteiger partial charge in [-0.05, 0) is 38.5 Å². The Labute approximate surface area is 200 Å². The SMILES string of the molecule is C/C(O)=C/C(=O)CC(C)C.C/C(O)=C/C(=O)CC(C)C.C/C(O)=C/C(=O)CC(C)C.[V]. The van der Waals surface area contributed by atoms with Gasteiger partial charge in [0.15, 0.2) is 17.3 Å². The standard InChI is InChI=1S/3C8H14O2.V/c3*1-6(2)4-8(10)5-7(3)9;/h3*5-6,9H,4H2,1-3H3;/b3*7-5-;. The number of aliphatic hydroxyl groups excluding tert-OH is 3. The molecule has 6 nitrogen and oxygen atoms in total. The Morgan fingerprint density at radius 1 is 0.548 bits per heavy atom. The zero-order chi connectivity index (χ0) is 24.4. The molecule has 0 saturated carbocycles. The Morgan fingerprint density at radius 3 is 0.806 bits per heavy atom. The van der Waals surface area contributed by atoms with E-state index in [9.17, 15) is 14.4 Å². The smallest absolute Gasteiger partial charge is 0.159 e. The van der Waals surface area contributed by atoms with Crippen LogP contribution in [-0.4, -0.2) is 32.7 Å². The minimum absolute atomic E-state index is 0. The second-order valence-electron chi connectivity index (χ2n) is 8.55. The molecule has 7 heteroatoms. The van der Waals surface area contributed by atoms with Crippen LogP contribution < -0.4 is 0 Å². The summed E-state index contributed by atoms with van der Waals surface area (Å²) < 4.78 is 0. The summed E-state index contributed by atoms with van der Waals surface area (Å²) in [4.78, 5) is 32.5. The second kappa shape index (κ2) is 21.4. The molecule has 0 atom stereocenters. The van der Waals surface area contributed by atoms with E-state index in [0.29, 0.717) is 37.0 Å². The monoisotopic (exact) mass is 477 g/mol. The summed E-state index contributed by atoms with van der Waals surface area (Å²) in [5.74, 6) is 1.34. The molecule has 179 valence electrons. The number of carbonyl (C=O) groups excluding carboxylic acids is 3. The van der Waals surface area contributed by atoms with E-state index in [1.807, 2.05) is 41.5 Å². The van der Waals surface area contributed by atoms with Crippen LogP contribution in [0.1, 0.15) is 81.6 Å². The first-order valence-corrected chi connectivity index (χ1v) is 10.3. The summed E-state index contributed by atoms with van der Waals surface area (Å²) in [5, 5.41) is 26.0. The normalized spacial score (nSPS) is 11.8. The summed E-state index contributed by atoms with van der Waals surface area (Å²) in [6.07, 6.45) is 5.33. The van der Waals surface area contributed by atoms with Crippen molar-refractivity contribution in [3.8, 4) is 0 Å². The van der Waals surface area contributed by atoms with Gasteiger partial charge in [-0.1, -0.05) is 41.5 Å². The van der Waals surface area contributed by atoms with Crippen LogP contribution in [0.2, 0.25) is 0 Å². The van der Waals surface area contributed by atoms with E-state index in [1.54, 1.807) is 0 Å². The summed E-state index contributed by atoms with van der Waals surface area (Å²) in [7, 11) is 0. The van der Waals surface area contributed by atoms with Crippen LogP contribution in [0.5, 0.6) is 0 Å². The van der Waals surface area contributed by atoms with Crippen molar-refractivity contribution in [2.75, 3.05) is 0 Å². The molecular weight excluding hydrogens is 435 g/mol. The van der Waals surface area contributed by atoms with E-state index in [-0.39, 0.29) is 53.2 Å². The van der Waals surface area contributed by atoms with Crippen molar-refractivity contribution < 1.29 is 48.3 Å². The number of ketones is 3. The quantitative estimate of drug-likeness (QED) is 0.270. The van der Waals surface area contributed by atoms with Gasteiger partial charge in [-0.3, -0.25) is 14.4 Å². The average molecular weight is 478 g/mol. The van der Waals surface area contributed by atoms with Gasteiger partial charge < -0.3 is 15.3 Å². The van der Waals surface area contributed by atoms with Crippen LogP contribution in [0.3, 0.4) is 0 Å².